The van der Waals surface area contributed by atoms with E-state index in [9.17, 15) is 0 Å². The summed E-state index contributed by atoms with van der Waals surface area (Å²) < 4.78 is 0. The summed E-state index contributed by atoms with van der Waals surface area (Å²) >= 11 is 0. The second-order valence-corrected chi connectivity index (χ2v) is 7.65. The molecule has 122 valence electrons. The van der Waals surface area contributed by atoms with Gasteiger partial charge in [0.15, 0.2) is 0 Å². The predicted octanol–water partition coefficient (Wildman–Crippen LogP) is 7.03. The van der Waals surface area contributed by atoms with Gasteiger partial charge in [-0.1, -0.05) is 94.7 Å². The Bertz CT molecular complexity index is 516. The summed E-state index contributed by atoms with van der Waals surface area (Å²) in [7, 11) is 0. The number of hydrogen-bond donors (Lipinski definition) is 0. The first-order valence-corrected chi connectivity index (χ1v) is 8.60. The first-order valence-electron chi connectivity index (χ1n) is 8.60. The largest absolute Gasteiger partial charge is 0.0955 e. The van der Waals surface area contributed by atoms with E-state index >= 15 is 0 Å². The summed E-state index contributed by atoms with van der Waals surface area (Å²) in [4.78, 5) is 0. The molecule has 0 nitrogen and oxygen atoms in total. The van der Waals surface area contributed by atoms with Crippen molar-refractivity contribution in [2.45, 2.75) is 61.3 Å². The lowest BCUT2D eigenvalue weighted by Gasteiger charge is -2.23. The molecule has 0 amide bonds. The van der Waals surface area contributed by atoms with Crippen molar-refractivity contribution in [2.24, 2.45) is 17.3 Å². The molecule has 22 heavy (non-hydrogen) atoms. The Labute approximate surface area is 138 Å². The summed E-state index contributed by atoms with van der Waals surface area (Å²) in [6.07, 6.45) is 13.5. The van der Waals surface area contributed by atoms with Crippen molar-refractivity contribution in [3.8, 4) is 0 Å². The van der Waals surface area contributed by atoms with Crippen LogP contribution in [0.25, 0.3) is 0 Å². The molecule has 0 radical (unpaired) electrons. The normalized spacial score (nSPS) is 19.6. The monoisotopic (exact) mass is 298 g/mol. The smallest absolute Gasteiger partial charge is 0.00437 e. The molecule has 2 unspecified atom stereocenters. The van der Waals surface area contributed by atoms with Gasteiger partial charge in [-0.3, -0.25) is 0 Å². The highest BCUT2D eigenvalue weighted by Crippen LogP contribution is 2.37. The first-order chi connectivity index (χ1) is 10.2. The summed E-state index contributed by atoms with van der Waals surface area (Å²) in [6.45, 7) is 20.2. The molecule has 0 saturated heterocycles. The SMILES string of the molecule is C=C(/C=C(\C=C(C)C)C(C)C(C)CC)CC1=CC=CC1(C)C. The molecule has 0 fully saturated rings. The Morgan fingerprint density at radius 3 is 2.32 bits per heavy atom. The van der Waals surface area contributed by atoms with Gasteiger partial charge in [0.1, 0.15) is 0 Å². The van der Waals surface area contributed by atoms with E-state index in [2.05, 4.69) is 85.4 Å². The molecule has 0 aliphatic heterocycles. The molecular weight excluding hydrogens is 264 g/mol. The van der Waals surface area contributed by atoms with Crippen LogP contribution in [-0.4, -0.2) is 0 Å². The standard InChI is InChI=1S/C22H34/c1-9-18(5)19(6)20(13-16(2)3)14-17(4)15-21-11-10-12-22(21,7)8/h10-14,18-19H,4,9,15H2,1-3,5-8H3/b20-14+. The van der Waals surface area contributed by atoms with Gasteiger partial charge in [0.2, 0.25) is 0 Å². The van der Waals surface area contributed by atoms with E-state index in [1.54, 1.807) is 0 Å². The fourth-order valence-electron chi connectivity index (χ4n) is 2.86. The van der Waals surface area contributed by atoms with Gasteiger partial charge in [-0.2, -0.15) is 0 Å². The molecular formula is C22H34. The fraction of sp³-hybridized carbons (Fsp3) is 0.545. The topological polar surface area (TPSA) is 0 Å². The lowest BCUT2D eigenvalue weighted by Crippen LogP contribution is -2.11. The maximum absolute atomic E-state index is 4.32. The zero-order valence-corrected chi connectivity index (χ0v) is 15.7. The van der Waals surface area contributed by atoms with Gasteiger partial charge in [0.05, 0.1) is 0 Å². The van der Waals surface area contributed by atoms with Crippen molar-refractivity contribution in [3.05, 3.63) is 59.3 Å². The van der Waals surface area contributed by atoms with Crippen molar-refractivity contribution < 1.29 is 0 Å². The quantitative estimate of drug-likeness (QED) is 0.442. The average molecular weight is 299 g/mol. The van der Waals surface area contributed by atoms with Crippen LogP contribution in [0.4, 0.5) is 0 Å². The predicted molar refractivity (Wildman–Crippen MR) is 101 cm³/mol. The Kier molecular flexibility index (Phi) is 6.66. The zero-order chi connectivity index (χ0) is 16.9. The third-order valence-electron chi connectivity index (χ3n) is 4.90. The maximum Gasteiger partial charge on any atom is 0.00437 e. The van der Waals surface area contributed by atoms with Crippen LogP contribution in [0.1, 0.15) is 61.3 Å². The molecule has 0 aromatic carbocycles. The number of hydrogen-bond acceptors (Lipinski definition) is 0. The van der Waals surface area contributed by atoms with Gasteiger partial charge in [0, 0.05) is 5.41 Å². The fourth-order valence-corrected chi connectivity index (χ4v) is 2.86. The van der Waals surface area contributed by atoms with E-state index in [0.29, 0.717) is 11.8 Å². The molecule has 2 atom stereocenters. The van der Waals surface area contributed by atoms with Gasteiger partial charge in [-0.05, 0) is 37.7 Å². The van der Waals surface area contributed by atoms with Gasteiger partial charge >= 0.3 is 0 Å². The van der Waals surface area contributed by atoms with E-state index in [4.69, 9.17) is 0 Å². The van der Waals surface area contributed by atoms with Crippen LogP contribution in [-0.2, 0) is 0 Å². The van der Waals surface area contributed by atoms with Crippen LogP contribution in [0.5, 0.6) is 0 Å². The molecule has 0 heteroatoms. The molecule has 1 rings (SSSR count). The van der Waals surface area contributed by atoms with Crippen LogP contribution < -0.4 is 0 Å². The van der Waals surface area contributed by atoms with Crippen LogP contribution >= 0.6 is 0 Å². The second-order valence-electron chi connectivity index (χ2n) is 7.65. The lowest BCUT2D eigenvalue weighted by molar-refractivity contribution is 0.433. The summed E-state index contributed by atoms with van der Waals surface area (Å²) in [5.41, 5.74) is 5.63. The van der Waals surface area contributed by atoms with Gasteiger partial charge in [-0.15, -0.1) is 0 Å². The van der Waals surface area contributed by atoms with Crippen LogP contribution in [0.3, 0.4) is 0 Å². The molecule has 0 bridgehead atoms. The number of rotatable bonds is 7. The first kappa shape index (κ1) is 18.7. The summed E-state index contributed by atoms with van der Waals surface area (Å²) in [5, 5.41) is 0. The van der Waals surface area contributed by atoms with Crippen molar-refractivity contribution in [3.63, 3.8) is 0 Å². The minimum atomic E-state index is 0.176. The van der Waals surface area contributed by atoms with Crippen LogP contribution in [0.2, 0.25) is 0 Å². The molecule has 1 aliphatic rings. The third kappa shape index (κ3) is 5.16. The van der Waals surface area contributed by atoms with Crippen molar-refractivity contribution in [1.82, 2.24) is 0 Å². The van der Waals surface area contributed by atoms with Gasteiger partial charge < -0.3 is 0 Å². The molecule has 0 aromatic rings. The average Bonchev–Trinajstić information content (AvgIpc) is 2.74. The van der Waals surface area contributed by atoms with E-state index in [1.807, 2.05) is 0 Å². The minimum absolute atomic E-state index is 0.176. The molecule has 1 aliphatic carbocycles. The molecule has 0 spiro atoms. The Balaban J connectivity index is 2.93. The van der Waals surface area contributed by atoms with Crippen molar-refractivity contribution in [2.75, 3.05) is 0 Å². The second kappa shape index (κ2) is 7.81. The molecule has 0 aromatic heterocycles. The van der Waals surface area contributed by atoms with E-state index in [-0.39, 0.29) is 5.41 Å². The lowest BCUT2D eigenvalue weighted by atomic mass is 9.82. The molecule has 0 heterocycles. The van der Waals surface area contributed by atoms with E-state index < -0.39 is 0 Å². The minimum Gasteiger partial charge on any atom is -0.0955 e. The highest BCUT2D eigenvalue weighted by molar-refractivity contribution is 5.39. The highest BCUT2D eigenvalue weighted by atomic mass is 14.3. The van der Waals surface area contributed by atoms with Gasteiger partial charge in [-0.25, -0.2) is 0 Å². The van der Waals surface area contributed by atoms with Crippen molar-refractivity contribution in [1.29, 1.82) is 0 Å². The molecule has 0 N–H and O–H groups in total. The molecule has 0 saturated carbocycles. The van der Waals surface area contributed by atoms with Crippen LogP contribution in [0.15, 0.2) is 59.3 Å². The number of allylic oxidation sites excluding steroid dienone is 9. The maximum atomic E-state index is 4.32. The Morgan fingerprint density at radius 1 is 1.23 bits per heavy atom. The zero-order valence-electron chi connectivity index (χ0n) is 15.7. The van der Waals surface area contributed by atoms with Gasteiger partial charge in [0.25, 0.3) is 0 Å². The van der Waals surface area contributed by atoms with E-state index in [0.717, 1.165) is 6.42 Å². The van der Waals surface area contributed by atoms with Crippen molar-refractivity contribution >= 4 is 0 Å². The summed E-state index contributed by atoms with van der Waals surface area (Å²) in [5.74, 6) is 1.26. The van der Waals surface area contributed by atoms with E-state index in [1.165, 1.54) is 28.7 Å². The third-order valence-corrected chi connectivity index (χ3v) is 4.90. The Hall–Kier alpha value is -1.30. The Morgan fingerprint density at radius 2 is 1.86 bits per heavy atom. The van der Waals surface area contributed by atoms with Crippen LogP contribution in [0, 0.1) is 17.3 Å². The summed E-state index contributed by atoms with van der Waals surface area (Å²) in [6, 6.07) is 0. The highest BCUT2D eigenvalue weighted by Gasteiger charge is 2.23.